The maximum absolute atomic E-state index is 8.69. The predicted molar refractivity (Wildman–Crippen MR) is 175 cm³/mol. The molecule has 0 aliphatic rings. The van der Waals surface area contributed by atoms with E-state index in [0.717, 1.165) is 26.1 Å². The van der Waals surface area contributed by atoms with E-state index in [1.807, 2.05) is 0 Å². The number of unbranched alkanes of at least 4 members (excludes halogenated alkanes) is 26. The lowest BCUT2D eigenvalue weighted by Gasteiger charge is -2.16. The smallest absolute Gasteiger partial charge is 0.0864 e. The summed E-state index contributed by atoms with van der Waals surface area (Å²) < 4.78 is 11.9. The van der Waals surface area contributed by atoms with Crippen molar-refractivity contribution >= 4 is 0 Å². The van der Waals surface area contributed by atoms with E-state index < -0.39 is 0 Å². The molecule has 0 aliphatic carbocycles. The molecule has 1 atom stereocenters. The molecule has 0 heterocycles. The summed E-state index contributed by atoms with van der Waals surface area (Å²) in [6.07, 6.45) is 38.1. The molecule has 0 aliphatic heterocycles. The molecule has 0 amide bonds. The largest absolute Gasteiger partial charge is 0.379 e. The van der Waals surface area contributed by atoms with Gasteiger partial charge in [-0.05, 0) is 18.4 Å². The molecule has 0 saturated carbocycles. The van der Waals surface area contributed by atoms with Crippen LogP contribution in [0.15, 0.2) is 5.11 Å². The second-order valence-corrected chi connectivity index (χ2v) is 12.2. The van der Waals surface area contributed by atoms with Crippen LogP contribution in [0.2, 0.25) is 0 Å². The first-order valence-corrected chi connectivity index (χ1v) is 18.0. The van der Waals surface area contributed by atoms with Crippen LogP contribution in [0.3, 0.4) is 0 Å². The van der Waals surface area contributed by atoms with Gasteiger partial charge in [0, 0.05) is 18.1 Å². The van der Waals surface area contributed by atoms with Crippen molar-refractivity contribution in [1.29, 1.82) is 0 Å². The highest BCUT2D eigenvalue weighted by Crippen LogP contribution is 2.14. The molecule has 1 unspecified atom stereocenters. The van der Waals surface area contributed by atoms with E-state index in [0.29, 0.717) is 13.2 Å². The van der Waals surface area contributed by atoms with Crippen molar-refractivity contribution in [2.45, 2.75) is 200 Å². The van der Waals surface area contributed by atoms with Crippen molar-refractivity contribution in [3.63, 3.8) is 0 Å². The van der Waals surface area contributed by atoms with Gasteiger partial charge in [-0.3, -0.25) is 0 Å². The highest BCUT2D eigenvalue weighted by Gasteiger charge is 2.08. The Labute approximate surface area is 251 Å². The maximum Gasteiger partial charge on any atom is 0.0864 e. The Balaban J connectivity index is 3.47. The number of ether oxygens (including phenoxy) is 2. The van der Waals surface area contributed by atoms with Crippen LogP contribution < -0.4 is 0 Å². The first-order chi connectivity index (χ1) is 19.8. The van der Waals surface area contributed by atoms with E-state index in [1.165, 1.54) is 167 Å². The molecular formula is C35H71N3O2. The molecule has 0 N–H and O–H groups in total. The Morgan fingerprint density at radius 2 is 0.800 bits per heavy atom. The highest BCUT2D eigenvalue weighted by molar-refractivity contribution is 4.62. The zero-order valence-corrected chi connectivity index (χ0v) is 27.4. The molecule has 40 heavy (non-hydrogen) atoms. The van der Waals surface area contributed by atoms with Crippen LogP contribution in [0.25, 0.3) is 10.4 Å². The lowest BCUT2D eigenvalue weighted by atomic mass is 10.0. The van der Waals surface area contributed by atoms with Gasteiger partial charge in [-0.1, -0.05) is 186 Å². The van der Waals surface area contributed by atoms with Gasteiger partial charge in [-0.15, -0.1) is 0 Å². The minimum absolute atomic E-state index is 0.107. The summed E-state index contributed by atoms with van der Waals surface area (Å²) in [7, 11) is 0. The highest BCUT2D eigenvalue weighted by atomic mass is 16.5. The Hall–Kier alpha value is -0.770. The molecule has 0 radical (unpaired) electrons. The number of hydrogen-bond acceptors (Lipinski definition) is 3. The van der Waals surface area contributed by atoms with Crippen LogP contribution in [-0.2, 0) is 9.47 Å². The van der Waals surface area contributed by atoms with Crippen molar-refractivity contribution in [3.05, 3.63) is 10.4 Å². The van der Waals surface area contributed by atoms with Gasteiger partial charge in [0.1, 0.15) is 0 Å². The molecule has 0 spiro atoms. The van der Waals surface area contributed by atoms with Crippen LogP contribution in [0.5, 0.6) is 0 Å². The quantitative estimate of drug-likeness (QED) is 0.0332. The maximum atomic E-state index is 8.69. The van der Waals surface area contributed by atoms with E-state index in [2.05, 4.69) is 23.9 Å². The van der Waals surface area contributed by atoms with E-state index in [1.54, 1.807) is 0 Å². The van der Waals surface area contributed by atoms with E-state index in [4.69, 9.17) is 15.0 Å². The van der Waals surface area contributed by atoms with Crippen LogP contribution in [-0.4, -0.2) is 32.5 Å². The molecule has 0 aromatic heterocycles. The summed E-state index contributed by atoms with van der Waals surface area (Å²) in [5, 5.41) is 3.73. The fourth-order valence-corrected chi connectivity index (χ4v) is 5.44. The SMILES string of the molecule is CCCCCCCCCCCCCCCCOCC(CN=[N+]=[N-])OCCCCCCCCCCCCCCCC. The Morgan fingerprint density at radius 3 is 1.15 bits per heavy atom. The van der Waals surface area contributed by atoms with E-state index in [-0.39, 0.29) is 6.10 Å². The minimum atomic E-state index is -0.107. The third-order valence-corrected chi connectivity index (χ3v) is 8.15. The van der Waals surface area contributed by atoms with Crippen LogP contribution in [0, 0.1) is 0 Å². The van der Waals surface area contributed by atoms with Crippen molar-refractivity contribution < 1.29 is 9.47 Å². The molecule has 0 bridgehead atoms. The third-order valence-electron chi connectivity index (χ3n) is 8.15. The Morgan fingerprint density at radius 1 is 0.475 bits per heavy atom. The number of rotatable bonds is 35. The fraction of sp³-hybridized carbons (Fsp3) is 1.00. The van der Waals surface area contributed by atoms with Crippen molar-refractivity contribution in [2.75, 3.05) is 26.4 Å². The lowest BCUT2D eigenvalue weighted by Crippen LogP contribution is -2.24. The van der Waals surface area contributed by atoms with Crippen molar-refractivity contribution in [3.8, 4) is 0 Å². The number of nitrogens with zero attached hydrogens (tertiary/aromatic N) is 3. The molecule has 0 aromatic rings. The second-order valence-electron chi connectivity index (χ2n) is 12.2. The van der Waals surface area contributed by atoms with Gasteiger partial charge in [0.2, 0.25) is 0 Å². The van der Waals surface area contributed by atoms with Gasteiger partial charge < -0.3 is 9.47 Å². The van der Waals surface area contributed by atoms with Gasteiger partial charge >= 0.3 is 0 Å². The second kappa shape index (κ2) is 36.3. The number of hydrogen-bond donors (Lipinski definition) is 0. The Bertz CT molecular complexity index is 511. The molecule has 5 nitrogen and oxygen atoms in total. The monoisotopic (exact) mass is 566 g/mol. The summed E-state index contributed by atoms with van der Waals surface area (Å²) in [5.41, 5.74) is 8.69. The zero-order chi connectivity index (χ0) is 29.0. The molecule has 0 rings (SSSR count). The molecular weight excluding hydrogens is 494 g/mol. The minimum Gasteiger partial charge on any atom is -0.379 e. The Kier molecular flexibility index (Phi) is 35.6. The summed E-state index contributed by atoms with van der Waals surface area (Å²) in [6.45, 7) is 7.00. The molecule has 238 valence electrons. The summed E-state index contributed by atoms with van der Waals surface area (Å²) in [5.74, 6) is 0. The van der Waals surface area contributed by atoms with Crippen molar-refractivity contribution in [1.82, 2.24) is 0 Å². The lowest BCUT2D eigenvalue weighted by molar-refractivity contribution is -0.0135. The summed E-state index contributed by atoms with van der Waals surface area (Å²) in [4.78, 5) is 2.91. The average Bonchev–Trinajstić information content (AvgIpc) is 2.97. The summed E-state index contributed by atoms with van der Waals surface area (Å²) >= 11 is 0. The first-order valence-electron chi connectivity index (χ1n) is 18.0. The number of azide groups is 1. The van der Waals surface area contributed by atoms with Crippen LogP contribution in [0.4, 0.5) is 0 Å². The van der Waals surface area contributed by atoms with Gasteiger partial charge in [0.05, 0.1) is 19.3 Å². The van der Waals surface area contributed by atoms with E-state index in [9.17, 15) is 0 Å². The van der Waals surface area contributed by atoms with E-state index >= 15 is 0 Å². The predicted octanol–water partition coefficient (Wildman–Crippen LogP) is 12.7. The molecule has 0 saturated heterocycles. The fourth-order valence-electron chi connectivity index (χ4n) is 5.44. The normalized spacial score (nSPS) is 12.1. The first kappa shape index (κ1) is 39.2. The standard InChI is InChI=1S/C35H71N3O2/c1-3-5-7-9-11-13-15-17-19-21-23-25-27-29-31-39-34-35(33-37-38-36)40-32-30-28-26-24-22-20-18-16-14-12-10-8-6-4-2/h35H,3-34H2,1-2H3. The topological polar surface area (TPSA) is 67.2 Å². The van der Waals surface area contributed by atoms with Crippen molar-refractivity contribution in [2.24, 2.45) is 5.11 Å². The van der Waals surface area contributed by atoms with Crippen LogP contribution >= 0.6 is 0 Å². The molecule has 0 fully saturated rings. The summed E-state index contributed by atoms with van der Waals surface area (Å²) in [6, 6.07) is 0. The zero-order valence-electron chi connectivity index (χ0n) is 27.4. The molecule has 0 aromatic carbocycles. The molecule has 5 heteroatoms. The van der Waals surface area contributed by atoms with Crippen LogP contribution in [0.1, 0.15) is 194 Å². The van der Waals surface area contributed by atoms with Gasteiger partial charge in [-0.2, -0.15) is 0 Å². The average molecular weight is 566 g/mol. The third kappa shape index (κ3) is 33.4. The van der Waals surface area contributed by atoms with Gasteiger partial charge in [0.25, 0.3) is 0 Å². The van der Waals surface area contributed by atoms with Gasteiger partial charge in [0.15, 0.2) is 0 Å². The van der Waals surface area contributed by atoms with Gasteiger partial charge in [-0.25, -0.2) is 0 Å².